The van der Waals surface area contributed by atoms with Gasteiger partial charge in [-0.05, 0) is 18.4 Å². The maximum atomic E-state index is 11.7. The van der Waals surface area contributed by atoms with Crippen LogP contribution in [0.5, 0.6) is 5.75 Å². The molecule has 82 valence electrons. The average molecular weight is 265 g/mol. The fraction of sp³-hybridized carbons (Fsp3) is 0.300. The number of halogens is 2. The third-order valence-electron chi connectivity index (χ3n) is 1.79. The molecule has 0 heterocycles. The van der Waals surface area contributed by atoms with E-state index in [0.29, 0.717) is 27.1 Å². The molecule has 15 heavy (non-hydrogen) atoms. The summed E-state index contributed by atoms with van der Waals surface area (Å²) >= 11 is 13.2. The number of carbonyl (C=O) groups excluding carboxylic acids is 1. The molecule has 0 spiro atoms. The van der Waals surface area contributed by atoms with Crippen LogP contribution in [0.15, 0.2) is 12.1 Å². The van der Waals surface area contributed by atoms with Gasteiger partial charge in [-0.2, -0.15) is 11.8 Å². The highest BCUT2D eigenvalue weighted by Gasteiger charge is 2.15. The number of thioether (sulfide) groups is 1. The molecule has 0 N–H and O–H groups in total. The van der Waals surface area contributed by atoms with E-state index < -0.39 is 0 Å². The zero-order valence-corrected chi connectivity index (χ0v) is 10.7. The van der Waals surface area contributed by atoms with E-state index in [-0.39, 0.29) is 5.78 Å². The largest absolute Gasteiger partial charge is 0.494 e. The van der Waals surface area contributed by atoms with Gasteiger partial charge in [-0.1, -0.05) is 23.2 Å². The van der Waals surface area contributed by atoms with Crippen molar-refractivity contribution in [1.29, 1.82) is 0 Å². The highest BCUT2D eigenvalue weighted by atomic mass is 35.5. The summed E-state index contributed by atoms with van der Waals surface area (Å²) in [7, 11) is 1.48. The van der Waals surface area contributed by atoms with Crippen molar-refractivity contribution in [3.63, 3.8) is 0 Å². The van der Waals surface area contributed by atoms with Gasteiger partial charge in [-0.15, -0.1) is 0 Å². The van der Waals surface area contributed by atoms with Gasteiger partial charge >= 0.3 is 0 Å². The summed E-state index contributed by atoms with van der Waals surface area (Å²) in [4.78, 5) is 11.7. The molecule has 0 atom stereocenters. The number of Topliss-reactive ketones (excluding diaryl/α,β-unsaturated/α-hetero) is 1. The summed E-state index contributed by atoms with van der Waals surface area (Å²) in [6.45, 7) is 0. The molecule has 0 radical (unpaired) electrons. The van der Waals surface area contributed by atoms with Crippen LogP contribution in [0.2, 0.25) is 10.0 Å². The number of ether oxygens (including phenoxy) is 1. The zero-order chi connectivity index (χ0) is 11.4. The summed E-state index contributed by atoms with van der Waals surface area (Å²) < 4.78 is 5.08. The lowest BCUT2D eigenvalue weighted by molar-refractivity contribution is 0.102. The van der Waals surface area contributed by atoms with Crippen LogP contribution in [0.1, 0.15) is 10.4 Å². The second-order valence-corrected chi connectivity index (χ2v) is 4.53. The first-order chi connectivity index (χ1) is 7.10. The minimum atomic E-state index is -0.0382. The van der Waals surface area contributed by atoms with Crippen molar-refractivity contribution in [1.82, 2.24) is 0 Å². The van der Waals surface area contributed by atoms with Crippen LogP contribution >= 0.6 is 35.0 Å². The Morgan fingerprint density at radius 3 is 2.67 bits per heavy atom. The van der Waals surface area contributed by atoms with Crippen LogP contribution in [0.25, 0.3) is 0 Å². The van der Waals surface area contributed by atoms with Gasteiger partial charge in [0.15, 0.2) is 5.78 Å². The monoisotopic (exact) mass is 264 g/mol. The lowest BCUT2D eigenvalue weighted by atomic mass is 10.1. The van der Waals surface area contributed by atoms with Gasteiger partial charge in [-0.3, -0.25) is 4.79 Å². The molecule has 0 amide bonds. The number of ketones is 1. The summed E-state index contributed by atoms with van der Waals surface area (Å²) in [6, 6.07) is 3.13. The maximum absolute atomic E-state index is 11.7. The molecule has 1 aromatic rings. The van der Waals surface area contributed by atoms with E-state index in [0.717, 1.165) is 0 Å². The third kappa shape index (κ3) is 3.03. The Labute approximate surface area is 103 Å². The second kappa shape index (κ2) is 5.64. The number of hydrogen-bond donors (Lipinski definition) is 0. The van der Waals surface area contributed by atoms with Crippen molar-refractivity contribution in [3.05, 3.63) is 27.7 Å². The molecule has 0 unspecified atom stereocenters. The number of rotatable bonds is 4. The van der Waals surface area contributed by atoms with E-state index in [1.807, 2.05) is 6.26 Å². The Bertz CT molecular complexity index is 380. The van der Waals surface area contributed by atoms with Crippen molar-refractivity contribution < 1.29 is 9.53 Å². The van der Waals surface area contributed by atoms with Crippen LogP contribution < -0.4 is 4.74 Å². The maximum Gasteiger partial charge on any atom is 0.176 e. The van der Waals surface area contributed by atoms with Gasteiger partial charge in [0.1, 0.15) is 5.75 Å². The standard InChI is InChI=1S/C10H10Cl2O2S/c1-14-10-7(9(13)5-15-2)3-6(11)4-8(10)12/h3-4H,5H2,1-2H3. The van der Waals surface area contributed by atoms with Crippen LogP contribution in [-0.2, 0) is 0 Å². The van der Waals surface area contributed by atoms with Gasteiger partial charge in [-0.25, -0.2) is 0 Å². The highest BCUT2D eigenvalue weighted by Crippen LogP contribution is 2.32. The molecular weight excluding hydrogens is 255 g/mol. The molecule has 0 aliphatic rings. The van der Waals surface area contributed by atoms with Crippen LogP contribution in [0, 0.1) is 0 Å². The number of methoxy groups -OCH3 is 1. The summed E-state index contributed by atoms with van der Waals surface area (Å²) in [5, 5.41) is 0.791. The normalized spacial score (nSPS) is 10.1. The fourth-order valence-corrected chi connectivity index (χ4v) is 2.17. The SMILES string of the molecule is COc1c(Cl)cc(Cl)cc1C(=O)CSC. The molecule has 0 saturated carbocycles. The topological polar surface area (TPSA) is 26.3 Å². The number of hydrogen-bond acceptors (Lipinski definition) is 3. The van der Waals surface area contributed by atoms with E-state index in [1.165, 1.54) is 18.9 Å². The van der Waals surface area contributed by atoms with E-state index >= 15 is 0 Å². The van der Waals surface area contributed by atoms with Crippen molar-refractivity contribution in [2.24, 2.45) is 0 Å². The predicted molar refractivity (Wildman–Crippen MR) is 65.7 cm³/mol. The smallest absolute Gasteiger partial charge is 0.176 e. The first-order valence-corrected chi connectivity index (χ1v) is 6.30. The third-order valence-corrected chi connectivity index (χ3v) is 2.84. The van der Waals surface area contributed by atoms with Gasteiger partial charge in [0.05, 0.1) is 23.4 Å². The molecule has 0 saturated heterocycles. The second-order valence-electron chi connectivity index (χ2n) is 2.82. The summed E-state index contributed by atoms with van der Waals surface area (Å²) in [6.07, 6.45) is 1.86. The predicted octanol–water partition coefficient (Wildman–Crippen LogP) is 3.55. The van der Waals surface area contributed by atoms with Crippen LogP contribution in [0.4, 0.5) is 0 Å². The highest BCUT2D eigenvalue weighted by molar-refractivity contribution is 7.99. The van der Waals surface area contributed by atoms with Gasteiger partial charge in [0.25, 0.3) is 0 Å². The molecule has 5 heteroatoms. The number of benzene rings is 1. The van der Waals surface area contributed by atoms with Crippen molar-refractivity contribution in [3.8, 4) is 5.75 Å². The van der Waals surface area contributed by atoms with Crippen LogP contribution in [0.3, 0.4) is 0 Å². The lowest BCUT2D eigenvalue weighted by Crippen LogP contribution is -2.05. The molecule has 0 fully saturated rings. The molecule has 0 bridgehead atoms. The van der Waals surface area contributed by atoms with Crippen molar-refractivity contribution in [2.75, 3.05) is 19.1 Å². The molecule has 0 aliphatic carbocycles. The minimum absolute atomic E-state index is 0.0382. The molecule has 2 nitrogen and oxygen atoms in total. The fourth-order valence-electron chi connectivity index (χ4n) is 1.18. The van der Waals surface area contributed by atoms with Gasteiger partial charge < -0.3 is 4.74 Å². The van der Waals surface area contributed by atoms with Gasteiger partial charge in [0, 0.05) is 5.02 Å². The summed E-state index contributed by atoms with van der Waals surface area (Å²) in [5.74, 6) is 0.733. The van der Waals surface area contributed by atoms with E-state index in [9.17, 15) is 4.79 Å². The lowest BCUT2D eigenvalue weighted by Gasteiger charge is -2.09. The van der Waals surface area contributed by atoms with E-state index in [2.05, 4.69) is 0 Å². The van der Waals surface area contributed by atoms with E-state index in [4.69, 9.17) is 27.9 Å². The minimum Gasteiger partial charge on any atom is -0.494 e. The number of carbonyl (C=O) groups is 1. The van der Waals surface area contributed by atoms with E-state index in [1.54, 1.807) is 12.1 Å². The van der Waals surface area contributed by atoms with Crippen molar-refractivity contribution >= 4 is 40.7 Å². The quantitative estimate of drug-likeness (QED) is 0.779. The van der Waals surface area contributed by atoms with Crippen molar-refractivity contribution in [2.45, 2.75) is 0 Å². The Morgan fingerprint density at radius 1 is 1.47 bits per heavy atom. The van der Waals surface area contributed by atoms with Gasteiger partial charge in [0.2, 0.25) is 0 Å². The Morgan fingerprint density at radius 2 is 2.13 bits per heavy atom. The molecule has 1 rings (SSSR count). The average Bonchev–Trinajstić information content (AvgIpc) is 2.17. The first kappa shape index (κ1) is 12.7. The molecule has 0 aliphatic heterocycles. The zero-order valence-electron chi connectivity index (χ0n) is 8.34. The Kier molecular flexibility index (Phi) is 4.77. The first-order valence-electron chi connectivity index (χ1n) is 4.15. The summed E-state index contributed by atoms with van der Waals surface area (Å²) in [5.41, 5.74) is 0.435. The molecular formula is C10H10Cl2O2S. The molecule has 1 aromatic carbocycles. The Balaban J connectivity index is 3.20. The molecule has 0 aromatic heterocycles. The Hall–Kier alpha value is -0.380. The van der Waals surface area contributed by atoms with Crippen LogP contribution in [-0.4, -0.2) is 24.9 Å².